The lowest BCUT2D eigenvalue weighted by atomic mass is 10.2. The Balaban J connectivity index is 1.77. The molecule has 0 spiro atoms. The predicted molar refractivity (Wildman–Crippen MR) is 105 cm³/mol. The molecule has 0 fully saturated rings. The molecule has 0 saturated heterocycles. The lowest BCUT2D eigenvalue weighted by Gasteiger charge is -2.14. The Hall–Kier alpha value is -2.87. The van der Waals surface area contributed by atoms with Crippen LogP contribution in [0.5, 0.6) is 5.75 Å². The number of hydrogen-bond acceptors (Lipinski definition) is 6. The smallest absolute Gasteiger partial charge is 0.237 e. The van der Waals surface area contributed by atoms with Crippen LogP contribution in [0.1, 0.15) is 19.4 Å². The van der Waals surface area contributed by atoms with Crippen LogP contribution >= 0.6 is 11.8 Å². The predicted octanol–water partition coefficient (Wildman–Crippen LogP) is 3.49. The molecule has 27 heavy (non-hydrogen) atoms. The maximum Gasteiger partial charge on any atom is 0.237 e. The Bertz CT molecular complexity index is 928. The molecule has 0 radical (unpaired) electrons. The summed E-state index contributed by atoms with van der Waals surface area (Å²) in [6, 6.07) is 15.2. The second kappa shape index (κ2) is 8.68. The van der Waals surface area contributed by atoms with Gasteiger partial charge in [0.15, 0.2) is 0 Å². The summed E-state index contributed by atoms with van der Waals surface area (Å²) in [7, 11) is 0. The standard InChI is InChI=1S/C19H21N5O2S/c1-4-26-17-12-8-7-11-16(17)24-19(21-22-23-24)27-14(3)18(25)20-15-10-6-5-9-13(15)2/h5-12,14H,4H2,1-3H3,(H,20,25). The Labute approximate surface area is 162 Å². The summed E-state index contributed by atoms with van der Waals surface area (Å²) < 4.78 is 7.25. The summed E-state index contributed by atoms with van der Waals surface area (Å²) in [5.74, 6) is 0.577. The van der Waals surface area contributed by atoms with E-state index in [0.29, 0.717) is 17.5 Å². The highest BCUT2D eigenvalue weighted by Gasteiger charge is 2.21. The molecule has 0 bridgehead atoms. The summed E-state index contributed by atoms with van der Waals surface area (Å²) in [5, 5.41) is 15.0. The molecule has 140 valence electrons. The molecule has 1 amide bonds. The van der Waals surface area contributed by atoms with Crippen LogP contribution in [0.2, 0.25) is 0 Å². The Kier molecular flexibility index (Phi) is 6.08. The third-order valence-electron chi connectivity index (χ3n) is 3.89. The number of thioether (sulfide) groups is 1. The molecule has 0 aliphatic carbocycles. The van der Waals surface area contributed by atoms with Gasteiger partial charge in [-0.1, -0.05) is 42.1 Å². The molecular formula is C19H21N5O2S. The molecule has 1 heterocycles. The van der Waals surface area contributed by atoms with E-state index < -0.39 is 0 Å². The fraction of sp³-hybridized carbons (Fsp3) is 0.263. The van der Waals surface area contributed by atoms with Crippen molar-refractivity contribution in [3.63, 3.8) is 0 Å². The lowest BCUT2D eigenvalue weighted by molar-refractivity contribution is -0.115. The number of carbonyl (C=O) groups excluding carboxylic acids is 1. The molecule has 0 aliphatic heterocycles. The average molecular weight is 383 g/mol. The van der Waals surface area contributed by atoms with E-state index >= 15 is 0 Å². The number of para-hydroxylation sites is 3. The number of ether oxygens (including phenoxy) is 1. The van der Waals surface area contributed by atoms with E-state index in [0.717, 1.165) is 16.9 Å². The summed E-state index contributed by atoms with van der Waals surface area (Å²) in [4.78, 5) is 12.6. The summed E-state index contributed by atoms with van der Waals surface area (Å²) in [6.07, 6.45) is 0. The number of nitrogens with zero attached hydrogens (tertiary/aromatic N) is 4. The molecule has 1 unspecified atom stereocenters. The third kappa shape index (κ3) is 4.46. The lowest BCUT2D eigenvalue weighted by Crippen LogP contribution is -2.23. The van der Waals surface area contributed by atoms with Crippen molar-refractivity contribution in [3.05, 3.63) is 54.1 Å². The molecule has 3 aromatic rings. The van der Waals surface area contributed by atoms with Crippen molar-refractivity contribution in [2.75, 3.05) is 11.9 Å². The number of aromatic nitrogens is 4. The zero-order valence-electron chi connectivity index (χ0n) is 15.4. The molecule has 3 rings (SSSR count). The zero-order chi connectivity index (χ0) is 19.2. The first-order valence-electron chi connectivity index (χ1n) is 8.64. The first kappa shape index (κ1) is 18.9. The van der Waals surface area contributed by atoms with Crippen LogP contribution in [0.3, 0.4) is 0 Å². The first-order chi connectivity index (χ1) is 13.1. The number of nitrogens with one attached hydrogen (secondary N) is 1. The minimum atomic E-state index is -0.381. The Morgan fingerprint density at radius 2 is 1.96 bits per heavy atom. The number of amides is 1. The molecule has 0 aliphatic rings. The molecule has 8 heteroatoms. The highest BCUT2D eigenvalue weighted by Crippen LogP contribution is 2.28. The molecular weight excluding hydrogens is 362 g/mol. The van der Waals surface area contributed by atoms with Gasteiger partial charge in [-0.3, -0.25) is 4.79 Å². The Morgan fingerprint density at radius 3 is 2.74 bits per heavy atom. The van der Waals surface area contributed by atoms with Gasteiger partial charge in [-0.25, -0.2) is 0 Å². The van der Waals surface area contributed by atoms with Crippen LogP contribution in [0.25, 0.3) is 5.69 Å². The summed E-state index contributed by atoms with van der Waals surface area (Å²) in [5.41, 5.74) is 2.55. The number of tetrazole rings is 1. The number of hydrogen-bond donors (Lipinski definition) is 1. The zero-order valence-corrected chi connectivity index (χ0v) is 16.2. The van der Waals surface area contributed by atoms with E-state index in [9.17, 15) is 4.79 Å². The first-order valence-corrected chi connectivity index (χ1v) is 9.52. The fourth-order valence-electron chi connectivity index (χ4n) is 2.47. The highest BCUT2D eigenvalue weighted by molar-refractivity contribution is 8.00. The minimum absolute atomic E-state index is 0.109. The summed E-state index contributed by atoms with van der Waals surface area (Å²) in [6.45, 7) is 6.24. The van der Waals surface area contributed by atoms with Gasteiger partial charge in [-0.05, 0) is 55.0 Å². The van der Waals surface area contributed by atoms with Crippen LogP contribution < -0.4 is 10.1 Å². The van der Waals surface area contributed by atoms with Gasteiger partial charge in [0.1, 0.15) is 11.4 Å². The van der Waals surface area contributed by atoms with Gasteiger partial charge < -0.3 is 10.1 Å². The maximum absolute atomic E-state index is 12.6. The molecule has 0 saturated carbocycles. The largest absolute Gasteiger partial charge is 0.492 e. The molecule has 2 aromatic carbocycles. The van der Waals surface area contributed by atoms with E-state index in [4.69, 9.17) is 4.74 Å². The second-order valence-electron chi connectivity index (χ2n) is 5.84. The van der Waals surface area contributed by atoms with E-state index in [1.54, 1.807) is 4.68 Å². The van der Waals surface area contributed by atoms with Crippen molar-refractivity contribution in [1.82, 2.24) is 20.2 Å². The van der Waals surface area contributed by atoms with E-state index in [1.807, 2.05) is 69.3 Å². The minimum Gasteiger partial charge on any atom is -0.492 e. The van der Waals surface area contributed by atoms with Crippen molar-refractivity contribution in [3.8, 4) is 11.4 Å². The molecule has 1 N–H and O–H groups in total. The quantitative estimate of drug-likeness (QED) is 0.629. The van der Waals surface area contributed by atoms with Crippen molar-refractivity contribution in [2.45, 2.75) is 31.2 Å². The van der Waals surface area contributed by atoms with Gasteiger partial charge >= 0.3 is 0 Å². The molecule has 1 atom stereocenters. The van der Waals surface area contributed by atoms with Crippen molar-refractivity contribution in [1.29, 1.82) is 0 Å². The number of anilines is 1. The Morgan fingerprint density at radius 1 is 1.22 bits per heavy atom. The van der Waals surface area contributed by atoms with Crippen molar-refractivity contribution >= 4 is 23.4 Å². The SMILES string of the molecule is CCOc1ccccc1-n1nnnc1SC(C)C(=O)Nc1ccccc1C. The average Bonchev–Trinajstić information content (AvgIpc) is 3.12. The van der Waals surface area contributed by atoms with Gasteiger partial charge in [0.2, 0.25) is 11.1 Å². The topological polar surface area (TPSA) is 81.9 Å². The number of aryl methyl sites for hydroxylation is 1. The number of benzene rings is 2. The van der Waals surface area contributed by atoms with Gasteiger partial charge in [0.05, 0.1) is 11.9 Å². The van der Waals surface area contributed by atoms with Crippen molar-refractivity contribution in [2.24, 2.45) is 0 Å². The van der Waals surface area contributed by atoms with E-state index in [1.165, 1.54) is 11.8 Å². The monoisotopic (exact) mass is 383 g/mol. The van der Waals surface area contributed by atoms with E-state index in [-0.39, 0.29) is 11.2 Å². The van der Waals surface area contributed by atoms with E-state index in [2.05, 4.69) is 20.8 Å². The van der Waals surface area contributed by atoms with Crippen LogP contribution in [-0.4, -0.2) is 38.0 Å². The molecule has 1 aromatic heterocycles. The summed E-state index contributed by atoms with van der Waals surface area (Å²) >= 11 is 1.29. The van der Waals surface area contributed by atoms with Crippen LogP contribution in [0, 0.1) is 6.92 Å². The van der Waals surface area contributed by atoms with Gasteiger partial charge in [-0.15, -0.1) is 5.10 Å². The van der Waals surface area contributed by atoms with Gasteiger partial charge in [0.25, 0.3) is 0 Å². The number of rotatable bonds is 7. The molecule has 7 nitrogen and oxygen atoms in total. The van der Waals surface area contributed by atoms with Gasteiger partial charge in [-0.2, -0.15) is 4.68 Å². The van der Waals surface area contributed by atoms with Crippen LogP contribution in [0.4, 0.5) is 5.69 Å². The van der Waals surface area contributed by atoms with Gasteiger partial charge in [0, 0.05) is 5.69 Å². The van der Waals surface area contributed by atoms with Crippen molar-refractivity contribution < 1.29 is 9.53 Å². The highest BCUT2D eigenvalue weighted by atomic mass is 32.2. The third-order valence-corrected chi connectivity index (χ3v) is 4.92. The van der Waals surface area contributed by atoms with Crippen LogP contribution in [-0.2, 0) is 4.79 Å². The fourth-order valence-corrected chi connectivity index (χ4v) is 3.27. The number of carbonyl (C=O) groups is 1. The van der Waals surface area contributed by atoms with Crippen LogP contribution in [0.15, 0.2) is 53.7 Å². The second-order valence-corrected chi connectivity index (χ2v) is 7.15. The maximum atomic E-state index is 12.6. The normalized spacial score (nSPS) is 11.8.